The molecule has 10 heavy (non-hydrogen) atoms. The summed E-state index contributed by atoms with van der Waals surface area (Å²) in [5.74, 6) is -0.287. The molecule has 0 aliphatic rings. The van der Waals surface area contributed by atoms with Gasteiger partial charge in [0.1, 0.15) is 11.6 Å². The minimum Gasteiger partial charge on any atom is -0.803 e. The number of anilines is 4. The van der Waals surface area contributed by atoms with Gasteiger partial charge in [-0.05, 0) is 0 Å². The molecular weight excluding hydrogens is 134 g/mol. The van der Waals surface area contributed by atoms with Gasteiger partial charge in [0.15, 0.2) is 0 Å². The zero-order valence-corrected chi connectivity index (χ0v) is 5.16. The van der Waals surface area contributed by atoms with Gasteiger partial charge in [0.2, 0.25) is 0 Å². The van der Waals surface area contributed by atoms with Crippen molar-refractivity contribution in [1.29, 1.82) is 0 Å². The minimum absolute atomic E-state index is 0.0486. The Balaban J connectivity index is 3.44. The summed E-state index contributed by atoms with van der Waals surface area (Å²) in [6.07, 6.45) is 0. The minimum atomic E-state index is -0.144. The highest BCUT2D eigenvalue weighted by molar-refractivity contribution is 5.86. The Morgan fingerprint density at radius 2 is 1.20 bits per heavy atom. The molecule has 8 N–H and O–H groups in total. The van der Waals surface area contributed by atoms with Gasteiger partial charge in [0, 0.05) is 0 Å². The molecule has 0 aliphatic carbocycles. The lowest BCUT2D eigenvalue weighted by Crippen LogP contribution is -2.00. The van der Waals surface area contributed by atoms with E-state index in [4.69, 9.17) is 22.9 Å². The Morgan fingerprint density at radius 1 is 0.900 bits per heavy atom. The number of nitrogens with two attached hydrogens (primary N) is 4. The molecule has 56 valence electrons. The lowest BCUT2D eigenvalue weighted by molar-refractivity contribution is 1.13. The summed E-state index contributed by atoms with van der Waals surface area (Å²) < 4.78 is 0.296. The van der Waals surface area contributed by atoms with Crippen LogP contribution in [-0.4, -0.2) is 4.73 Å². The van der Waals surface area contributed by atoms with Crippen molar-refractivity contribution in [2.45, 2.75) is 0 Å². The summed E-state index contributed by atoms with van der Waals surface area (Å²) in [6.45, 7) is 0. The van der Waals surface area contributed by atoms with Crippen molar-refractivity contribution in [2.75, 3.05) is 22.9 Å². The third-order valence-electron chi connectivity index (χ3n) is 1.28. The van der Waals surface area contributed by atoms with Crippen LogP contribution in [0, 0.1) is 5.21 Å². The van der Waals surface area contributed by atoms with Crippen LogP contribution in [0.2, 0.25) is 0 Å². The van der Waals surface area contributed by atoms with Crippen LogP contribution in [0.15, 0.2) is 0 Å². The maximum Gasteiger partial charge on any atom is 0.126 e. The third-order valence-corrected chi connectivity index (χ3v) is 1.28. The van der Waals surface area contributed by atoms with Crippen molar-refractivity contribution in [3.8, 4) is 0 Å². The van der Waals surface area contributed by atoms with Crippen molar-refractivity contribution in [2.24, 2.45) is 0 Å². The topological polar surface area (TPSA) is 132 Å². The zero-order valence-electron chi connectivity index (χ0n) is 5.16. The van der Waals surface area contributed by atoms with Crippen LogP contribution in [0.25, 0.3) is 0 Å². The number of aromatic nitrogens is 1. The zero-order chi connectivity index (χ0) is 7.89. The van der Waals surface area contributed by atoms with E-state index in [0.717, 1.165) is 0 Å². The Morgan fingerprint density at radius 3 is 1.30 bits per heavy atom. The average molecular weight is 142 g/mol. The first-order valence-corrected chi connectivity index (χ1v) is 2.53. The van der Waals surface area contributed by atoms with Crippen molar-refractivity contribution >= 4 is 23.0 Å². The maximum atomic E-state index is 10.7. The van der Waals surface area contributed by atoms with Crippen molar-refractivity contribution < 1.29 is 0 Å². The molecule has 0 bridgehead atoms. The van der Waals surface area contributed by atoms with E-state index in [1.165, 1.54) is 0 Å². The van der Waals surface area contributed by atoms with Gasteiger partial charge in [-0.3, -0.25) is 0 Å². The molecule has 1 aromatic rings. The van der Waals surface area contributed by atoms with Gasteiger partial charge < -0.3 is 32.9 Å². The molecule has 0 spiro atoms. The molecule has 0 amide bonds. The van der Waals surface area contributed by atoms with Gasteiger partial charge >= 0.3 is 0 Å². The maximum absolute atomic E-state index is 10.7. The normalized spacial score (nSPS) is 10.0. The van der Waals surface area contributed by atoms with Crippen molar-refractivity contribution in [3.05, 3.63) is 5.21 Å². The molecule has 0 radical (unpaired) electrons. The SMILES string of the molecule is Nc1c(N)c(N)n([O-])c1N. The summed E-state index contributed by atoms with van der Waals surface area (Å²) in [7, 11) is 0. The molecule has 1 heterocycles. The number of nitrogen functional groups attached to an aromatic ring is 4. The summed E-state index contributed by atoms with van der Waals surface area (Å²) in [5.41, 5.74) is 20.9. The highest BCUT2D eigenvalue weighted by atomic mass is 16.5. The van der Waals surface area contributed by atoms with Crippen LogP contribution in [0.3, 0.4) is 0 Å². The van der Waals surface area contributed by atoms with Crippen LogP contribution in [0.5, 0.6) is 0 Å². The van der Waals surface area contributed by atoms with Gasteiger partial charge in [0.25, 0.3) is 0 Å². The largest absolute Gasteiger partial charge is 0.803 e. The predicted octanol–water partition coefficient (Wildman–Crippen LogP) is -0.837. The molecule has 6 heteroatoms. The van der Waals surface area contributed by atoms with Crippen molar-refractivity contribution in [1.82, 2.24) is 4.73 Å². The summed E-state index contributed by atoms with van der Waals surface area (Å²) in [4.78, 5) is 0. The predicted molar refractivity (Wildman–Crippen MR) is 40.8 cm³/mol. The molecule has 1 rings (SSSR count). The molecule has 0 aliphatic heterocycles. The van der Waals surface area contributed by atoms with Crippen LogP contribution in [0.1, 0.15) is 0 Å². The second kappa shape index (κ2) is 1.63. The number of hydrogen-bond acceptors (Lipinski definition) is 5. The van der Waals surface area contributed by atoms with Crippen LogP contribution in [0.4, 0.5) is 23.0 Å². The van der Waals surface area contributed by atoms with Gasteiger partial charge in [-0.25, -0.2) is 0 Å². The first-order chi connectivity index (χ1) is 4.55. The Hall–Kier alpha value is -1.72. The molecular formula is C4H8N5O-. The quantitative estimate of drug-likeness (QED) is 0.375. The summed E-state index contributed by atoms with van der Waals surface area (Å²) in [6, 6.07) is 0. The molecule has 6 nitrogen and oxygen atoms in total. The Kier molecular flexibility index (Phi) is 1.04. The molecule has 1 aromatic heterocycles. The standard InChI is InChI=1S/C4H8N5O/c5-1-2(6)4(8)9(10)3(1)7/h5-8H2/q-1. The van der Waals surface area contributed by atoms with Crippen LogP contribution >= 0.6 is 0 Å². The number of hydrogen-bond donors (Lipinski definition) is 4. The highest BCUT2D eigenvalue weighted by Crippen LogP contribution is 2.30. The average Bonchev–Trinajstić information content (AvgIpc) is 2.07. The van der Waals surface area contributed by atoms with Crippen LogP contribution in [-0.2, 0) is 0 Å². The van der Waals surface area contributed by atoms with Crippen molar-refractivity contribution in [3.63, 3.8) is 0 Å². The van der Waals surface area contributed by atoms with E-state index in [2.05, 4.69) is 0 Å². The van der Waals surface area contributed by atoms with E-state index < -0.39 is 0 Å². The smallest absolute Gasteiger partial charge is 0.126 e. The monoisotopic (exact) mass is 142 g/mol. The Bertz CT molecular complexity index is 185. The third kappa shape index (κ3) is 0.524. The first kappa shape index (κ1) is 6.40. The molecule has 0 aromatic carbocycles. The fraction of sp³-hybridized carbons (Fsp3) is 0. The van der Waals surface area contributed by atoms with E-state index >= 15 is 0 Å². The van der Waals surface area contributed by atoms with E-state index in [1.807, 2.05) is 0 Å². The first-order valence-electron chi connectivity index (χ1n) is 2.53. The van der Waals surface area contributed by atoms with Gasteiger partial charge in [-0.2, -0.15) is 0 Å². The van der Waals surface area contributed by atoms with Gasteiger partial charge in [0.05, 0.1) is 11.4 Å². The van der Waals surface area contributed by atoms with E-state index in [1.54, 1.807) is 0 Å². The molecule has 0 unspecified atom stereocenters. The number of nitrogens with zero attached hydrogens (tertiary/aromatic N) is 1. The molecule has 0 saturated carbocycles. The second-order valence-corrected chi connectivity index (χ2v) is 1.89. The van der Waals surface area contributed by atoms with E-state index in [-0.39, 0.29) is 23.0 Å². The lowest BCUT2D eigenvalue weighted by atomic mass is 10.4. The fourth-order valence-corrected chi connectivity index (χ4v) is 0.625. The lowest BCUT2D eigenvalue weighted by Gasteiger charge is -2.10. The molecule has 0 atom stereocenters. The van der Waals surface area contributed by atoms with E-state index in [9.17, 15) is 5.21 Å². The summed E-state index contributed by atoms with van der Waals surface area (Å²) >= 11 is 0. The number of rotatable bonds is 0. The highest BCUT2D eigenvalue weighted by Gasteiger charge is 2.07. The molecule has 0 fully saturated rings. The van der Waals surface area contributed by atoms with E-state index in [0.29, 0.717) is 4.73 Å². The van der Waals surface area contributed by atoms with Crippen LogP contribution < -0.4 is 22.9 Å². The van der Waals surface area contributed by atoms with Gasteiger partial charge in [-0.15, -0.1) is 0 Å². The van der Waals surface area contributed by atoms with Gasteiger partial charge in [-0.1, -0.05) is 0 Å². The Labute approximate surface area is 57.0 Å². The fourth-order valence-electron chi connectivity index (χ4n) is 0.625. The molecule has 0 saturated heterocycles. The summed E-state index contributed by atoms with van der Waals surface area (Å²) in [5, 5.41) is 10.7. The second-order valence-electron chi connectivity index (χ2n) is 1.89.